The number of hydrogen-bond donors (Lipinski definition) is 1. The topological polar surface area (TPSA) is 96.0 Å². The molecule has 0 saturated carbocycles. The van der Waals surface area contributed by atoms with E-state index in [9.17, 15) is 31.2 Å². The molecule has 1 aliphatic heterocycles. The summed E-state index contributed by atoms with van der Waals surface area (Å²) in [5.74, 6) is -0.128. The van der Waals surface area contributed by atoms with Gasteiger partial charge in [0.1, 0.15) is 11.6 Å². The molecule has 1 atom stereocenters. The SMILES string of the molecule is CC(C)C[C@@H](C(=O)N1CCC(NS(=O)(=O)c2cccc(C(F)(F)F)c2)CC1)N(C)C(=O)OC(C)(C)C. The molecule has 0 aromatic heterocycles. The Kier molecular flexibility index (Phi) is 9.44. The van der Waals surface area contributed by atoms with Gasteiger partial charge in [0.05, 0.1) is 10.5 Å². The van der Waals surface area contributed by atoms with Crippen LogP contribution in [0.15, 0.2) is 29.2 Å². The van der Waals surface area contributed by atoms with Crippen LogP contribution in [0.1, 0.15) is 59.4 Å². The number of carbonyl (C=O) groups excluding carboxylic acids is 2. The number of piperidine rings is 1. The molecular formula is C24H36F3N3O5S. The molecule has 204 valence electrons. The predicted molar refractivity (Wildman–Crippen MR) is 129 cm³/mol. The molecule has 2 amide bonds. The van der Waals surface area contributed by atoms with Crippen molar-refractivity contribution in [3.8, 4) is 0 Å². The quantitative estimate of drug-likeness (QED) is 0.563. The largest absolute Gasteiger partial charge is 0.444 e. The van der Waals surface area contributed by atoms with E-state index in [1.165, 1.54) is 11.9 Å². The van der Waals surface area contributed by atoms with Crippen LogP contribution in [-0.4, -0.2) is 68.0 Å². The van der Waals surface area contributed by atoms with Crippen molar-refractivity contribution in [1.82, 2.24) is 14.5 Å². The van der Waals surface area contributed by atoms with Crippen LogP contribution in [-0.2, 0) is 25.7 Å². The molecule has 8 nitrogen and oxygen atoms in total. The van der Waals surface area contributed by atoms with E-state index in [4.69, 9.17) is 4.74 Å². The fourth-order valence-corrected chi connectivity index (χ4v) is 5.24. The molecule has 1 aromatic rings. The van der Waals surface area contributed by atoms with Gasteiger partial charge in [0, 0.05) is 26.2 Å². The van der Waals surface area contributed by atoms with Gasteiger partial charge in [0.2, 0.25) is 15.9 Å². The van der Waals surface area contributed by atoms with E-state index in [2.05, 4.69) is 4.72 Å². The van der Waals surface area contributed by atoms with Crippen molar-refractivity contribution in [3.05, 3.63) is 29.8 Å². The zero-order chi connectivity index (χ0) is 27.5. The Morgan fingerprint density at radius 1 is 1.17 bits per heavy atom. The number of halogens is 3. The van der Waals surface area contributed by atoms with Gasteiger partial charge < -0.3 is 9.64 Å². The minimum atomic E-state index is -4.66. The number of hydrogen-bond acceptors (Lipinski definition) is 5. The van der Waals surface area contributed by atoms with Crippen molar-refractivity contribution in [3.63, 3.8) is 0 Å². The van der Waals surface area contributed by atoms with Crippen LogP contribution in [0.4, 0.5) is 18.0 Å². The van der Waals surface area contributed by atoms with Crippen molar-refractivity contribution < 1.29 is 35.9 Å². The molecule has 0 radical (unpaired) electrons. The molecule has 1 heterocycles. The number of likely N-dealkylation sites (tertiary alicyclic amines) is 1. The summed E-state index contributed by atoms with van der Waals surface area (Å²) < 4.78 is 72.2. The number of nitrogens with zero attached hydrogens (tertiary/aromatic N) is 2. The van der Waals surface area contributed by atoms with Gasteiger partial charge in [0.15, 0.2) is 0 Å². The summed E-state index contributed by atoms with van der Waals surface area (Å²) in [4.78, 5) is 28.3. The zero-order valence-electron chi connectivity index (χ0n) is 21.6. The minimum absolute atomic E-state index is 0.126. The van der Waals surface area contributed by atoms with Gasteiger partial charge in [-0.05, 0) is 64.2 Å². The van der Waals surface area contributed by atoms with E-state index >= 15 is 0 Å². The molecule has 1 aromatic carbocycles. The maximum atomic E-state index is 13.3. The van der Waals surface area contributed by atoms with Gasteiger partial charge in [-0.1, -0.05) is 19.9 Å². The van der Waals surface area contributed by atoms with Gasteiger partial charge in [-0.2, -0.15) is 13.2 Å². The average Bonchev–Trinajstić information content (AvgIpc) is 2.75. The Bertz CT molecular complexity index is 1030. The van der Waals surface area contributed by atoms with Crippen LogP contribution >= 0.6 is 0 Å². The van der Waals surface area contributed by atoms with E-state index in [1.807, 2.05) is 13.8 Å². The highest BCUT2D eigenvalue weighted by molar-refractivity contribution is 7.89. The van der Waals surface area contributed by atoms with Crippen molar-refractivity contribution in [1.29, 1.82) is 0 Å². The van der Waals surface area contributed by atoms with Crippen molar-refractivity contribution >= 4 is 22.0 Å². The molecule has 1 fully saturated rings. The first-order valence-corrected chi connectivity index (χ1v) is 13.3. The number of alkyl halides is 3. The number of carbonyl (C=O) groups is 2. The molecule has 0 aliphatic carbocycles. The maximum absolute atomic E-state index is 13.3. The highest BCUT2D eigenvalue weighted by Crippen LogP contribution is 2.30. The second-order valence-electron chi connectivity index (χ2n) is 10.5. The first kappa shape index (κ1) is 29.9. The summed E-state index contributed by atoms with van der Waals surface area (Å²) >= 11 is 0. The second-order valence-corrected chi connectivity index (χ2v) is 12.2. The number of amides is 2. The smallest absolute Gasteiger partial charge is 0.416 e. The number of sulfonamides is 1. The summed E-state index contributed by atoms with van der Waals surface area (Å²) in [6, 6.07) is 2.29. The summed E-state index contributed by atoms with van der Waals surface area (Å²) in [6.07, 6.45) is -4.26. The van der Waals surface area contributed by atoms with E-state index in [-0.39, 0.29) is 37.8 Å². The van der Waals surface area contributed by atoms with Gasteiger partial charge in [-0.15, -0.1) is 0 Å². The molecule has 0 unspecified atom stereocenters. The van der Waals surface area contributed by atoms with Gasteiger partial charge >= 0.3 is 12.3 Å². The number of likely N-dealkylation sites (N-methyl/N-ethyl adjacent to an activating group) is 1. The summed E-state index contributed by atoms with van der Waals surface area (Å²) in [7, 11) is -2.65. The normalized spacial score (nSPS) is 16.7. The van der Waals surface area contributed by atoms with E-state index in [1.54, 1.807) is 25.7 Å². The van der Waals surface area contributed by atoms with Crippen LogP contribution in [0.25, 0.3) is 0 Å². The molecule has 36 heavy (non-hydrogen) atoms. The monoisotopic (exact) mass is 535 g/mol. The van der Waals surface area contributed by atoms with Crippen molar-refractivity contribution in [2.24, 2.45) is 5.92 Å². The number of ether oxygens (including phenoxy) is 1. The van der Waals surface area contributed by atoms with Gasteiger partial charge in [-0.3, -0.25) is 9.69 Å². The fourth-order valence-electron chi connectivity index (χ4n) is 3.89. The van der Waals surface area contributed by atoms with Crippen molar-refractivity contribution in [2.45, 2.75) is 82.6 Å². The first-order valence-electron chi connectivity index (χ1n) is 11.8. The van der Waals surface area contributed by atoms with Crippen LogP contribution in [0, 0.1) is 5.92 Å². The fraction of sp³-hybridized carbons (Fsp3) is 0.667. The molecule has 1 aliphatic rings. The Morgan fingerprint density at radius 2 is 1.75 bits per heavy atom. The lowest BCUT2D eigenvalue weighted by Gasteiger charge is -2.37. The number of nitrogens with one attached hydrogen (secondary N) is 1. The van der Waals surface area contributed by atoms with E-state index in [0.29, 0.717) is 12.5 Å². The Morgan fingerprint density at radius 3 is 2.25 bits per heavy atom. The zero-order valence-corrected chi connectivity index (χ0v) is 22.4. The molecule has 0 spiro atoms. The van der Waals surface area contributed by atoms with Crippen LogP contribution in [0.5, 0.6) is 0 Å². The minimum Gasteiger partial charge on any atom is -0.444 e. The molecular weight excluding hydrogens is 499 g/mol. The lowest BCUT2D eigenvalue weighted by atomic mass is 9.99. The van der Waals surface area contributed by atoms with E-state index in [0.717, 1.165) is 18.2 Å². The second kappa shape index (κ2) is 11.4. The molecule has 0 bridgehead atoms. The average molecular weight is 536 g/mol. The lowest BCUT2D eigenvalue weighted by Crippen LogP contribution is -2.54. The molecule has 2 rings (SSSR count). The summed E-state index contributed by atoms with van der Waals surface area (Å²) in [5, 5.41) is 0. The van der Waals surface area contributed by atoms with Gasteiger partial charge in [-0.25, -0.2) is 17.9 Å². The summed E-state index contributed by atoms with van der Waals surface area (Å²) in [6.45, 7) is 9.59. The Labute approximate surface area is 211 Å². The Balaban J connectivity index is 2.06. The number of rotatable bonds is 7. The third kappa shape index (κ3) is 8.36. The number of benzene rings is 1. The molecule has 12 heteroatoms. The van der Waals surface area contributed by atoms with Crippen LogP contribution in [0.2, 0.25) is 0 Å². The van der Waals surface area contributed by atoms with Crippen LogP contribution in [0.3, 0.4) is 0 Å². The standard InChI is InChI=1S/C24H36F3N3O5S/c1-16(2)14-20(29(6)22(32)35-23(3,4)5)21(31)30-12-10-18(11-13-30)28-36(33,34)19-9-7-8-17(15-19)24(25,26)27/h7-9,15-16,18,20,28H,10-14H2,1-6H3/t20-/m0/s1. The Hall–Kier alpha value is -2.34. The molecule has 1 saturated heterocycles. The molecule has 1 N–H and O–H groups in total. The third-order valence-electron chi connectivity index (χ3n) is 5.73. The van der Waals surface area contributed by atoms with Gasteiger partial charge in [0.25, 0.3) is 0 Å². The predicted octanol–water partition coefficient (Wildman–Crippen LogP) is 4.26. The highest BCUT2D eigenvalue weighted by Gasteiger charge is 2.36. The first-order chi connectivity index (χ1) is 16.4. The van der Waals surface area contributed by atoms with Crippen LogP contribution < -0.4 is 4.72 Å². The summed E-state index contributed by atoms with van der Waals surface area (Å²) in [5.41, 5.74) is -1.76. The third-order valence-corrected chi connectivity index (χ3v) is 7.25. The highest BCUT2D eigenvalue weighted by atomic mass is 32.2. The van der Waals surface area contributed by atoms with Crippen molar-refractivity contribution in [2.75, 3.05) is 20.1 Å². The van der Waals surface area contributed by atoms with E-state index < -0.39 is 50.4 Å². The lowest BCUT2D eigenvalue weighted by molar-refractivity contribution is -0.138. The maximum Gasteiger partial charge on any atom is 0.416 e.